The number of nitrogens with zero attached hydrogens (tertiary/aromatic N) is 3. The molecular weight excluding hydrogens is 340 g/mol. The van der Waals surface area contributed by atoms with E-state index in [1.165, 1.54) is 4.57 Å². The maximum atomic E-state index is 12.6. The number of aliphatic imine (C=N–C) groups is 1. The Labute approximate surface area is 149 Å². The van der Waals surface area contributed by atoms with Crippen LogP contribution >= 0.6 is 11.6 Å². The van der Waals surface area contributed by atoms with Gasteiger partial charge in [-0.15, -0.1) is 0 Å². The van der Waals surface area contributed by atoms with Gasteiger partial charge < -0.3 is 9.73 Å². The third kappa shape index (κ3) is 3.08. The lowest BCUT2D eigenvalue weighted by Gasteiger charge is -2.08. The summed E-state index contributed by atoms with van der Waals surface area (Å²) in [6.45, 7) is 3.65. The summed E-state index contributed by atoms with van der Waals surface area (Å²) < 4.78 is 7.42. The third-order valence-electron chi connectivity index (χ3n) is 3.71. The Morgan fingerprint density at radius 2 is 2.24 bits per heavy atom. The first-order valence-corrected chi connectivity index (χ1v) is 8.08. The molecule has 128 valence electrons. The van der Waals surface area contributed by atoms with Gasteiger partial charge in [0.1, 0.15) is 11.1 Å². The van der Waals surface area contributed by atoms with Crippen molar-refractivity contribution in [3.05, 3.63) is 52.1 Å². The molecule has 0 amide bonds. The summed E-state index contributed by atoms with van der Waals surface area (Å²) in [4.78, 5) is 20.7. The van der Waals surface area contributed by atoms with E-state index in [9.17, 15) is 4.79 Å². The van der Waals surface area contributed by atoms with Crippen molar-refractivity contribution in [1.82, 2.24) is 9.55 Å². The molecule has 0 radical (unpaired) electrons. The Hall–Kier alpha value is -2.86. The molecule has 3 rings (SSSR count). The molecule has 0 aliphatic heterocycles. The molecule has 0 spiro atoms. The molecule has 7 heteroatoms. The average molecular weight is 357 g/mol. The van der Waals surface area contributed by atoms with Gasteiger partial charge in [0.25, 0.3) is 0 Å². The summed E-state index contributed by atoms with van der Waals surface area (Å²) in [6.07, 6.45) is 6.87. The Bertz CT molecular complexity index is 1090. The van der Waals surface area contributed by atoms with E-state index in [-0.39, 0.29) is 0 Å². The summed E-state index contributed by atoms with van der Waals surface area (Å²) in [5, 5.41) is 4.23. The lowest BCUT2D eigenvalue weighted by molar-refractivity contribution is 0.665. The molecule has 1 N–H and O–H groups in total. The molecule has 0 fully saturated rings. The quantitative estimate of drug-likeness (QED) is 0.558. The second kappa shape index (κ2) is 6.94. The normalized spacial score (nSPS) is 12.9. The number of fused-ring (bicyclic) bond motifs is 3. The van der Waals surface area contributed by atoms with E-state index in [4.69, 9.17) is 16.0 Å². The number of anilines is 1. The van der Waals surface area contributed by atoms with E-state index < -0.39 is 5.69 Å². The van der Waals surface area contributed by atoms with Gasteiger partial charge in [-0.2, -0.15) is 4.98 Å². The first kappa shape index (κ1) is 17.0. The van der Waals surface area contributed by atoms with Crippen LogP contribution < -0.4 is 11.0 Å². The van der Waals surface area contributed by atoms with Gasteiger partial charge in [-0.1, -0.05) is 11.6 Å². The van der Waals surface area contributed by atoms with Gasteiger partial charge in [-0.05, 0) is 44.2 Å². The van der Waals surface area contributed by atoms with Crippen LogP contribution in [0.4, 0.5) is 5.82 Å². The molecule has 25 heavy (non-hydrogen) atoms. The summed E-state index contributed by atoms with van der Waals surface area (Å²) >= 11 is 6.14. The number of nitrogens with one attached hydrogen (secondary N) is 1. The van der Waals surface area contributed by atoms with Crippen LogP contribution in [0.3, 0.4) is 0 Å². The van der Waals surface area contributed by atoms with Crippen LogP contribution in [0.5, 0.6) is 0 Å². The molecule has 0 unspecified atom stereocenters. The molecule has 2 aromatic heterocycles. The van der Waals surface area contributed by atoms with Crippen molar-refractivity contribution in [2.75, 3.05) is 12.4 Å². The van der Waals surface area contributed by atoms with Crippen LogP contribution in [0, 0.1) is 0 Å². The first-order valence-electron chi connectivity index (χ1n) is 7.71. The highest BCUT2D eigenvalue weighted by Gasteiger charge is 2.18. The molecule has 0 saturated heterocycles. The van der Waals surface area contributed by atoms with Gasteiger partial charge in [0, 0.05) is 35.6 Å². The minimum Gasteiger partial charge on any atom is -0.450 e. The van der Waals surface area contributed by atoms with Crippen molar-refractivity contribution in [2.45, 2.75) is 13.8 Å². The highest BCUT2D eigenvalue weighted by atomic mass is 35.5. The lowest BCUT2D eigenvalue weighted by Crippen LogP contribution is -2.22. The van der Waals surface area contributed by atoms with Crippen LogP contribution in [0.25, 0.3) is 27.8 Å². The molecule has 0 bridgehead atoms. The highest BCUT2D eigenvalue weighted by Crippen LogP contribution is 2.33. The summed E-state index contributed by atoms with van der Waals surface area (Å²) in [7, 11) is 1.69. The van der Waals surface area contributed by atoms with E-state index in [2.05, 4.69) is 15.3 Å². The summed E-state index contributed by atoms with van der Waals surface area (Å²) in [6, 6.07) is 5.30. The standard InChI is InChI=1S/C18H17ClN4O2/c1-4-21-9-5-6-11(2)23-15-13-10-12(19)7-8-14(13)25-16(15)17(20-3)22-18(23)24/h4-10H,1-3H3,(H,20,22,24)/b9-5-,11-6+,21-4+. The lowest BCUT2D eigenvalue weighted by atomic mass is 10.2. The number of halogens is 1. The van der Waals surface area contributed by atoms with Gasteiger partial charge in [-0.25, -0.2) is 4.79 Å². The van der Waals surface area contributed by atoms with Gasteiger partial charge >= 0.3 is 5.69 Å². The molecular formula is C18H17ClN4O2. The van der Waals surface area contributed by atoms with Gasteiger partial charge in [0.2, 0.25) is 0 Å². The average Bonchev–Trinajstić information content (AvgIpc) is 2.96. The fourth-order valence-corrected chi connectivity index (χ4v) is 2.79. The molecule has 1 aromatic carbocycles. The topological polar surface area (TPSA) is 72.4 Å². The number of allylic oxidation sites excluding steroid dienone is 3. The fourth-order valence-electron chi connectivity index (χ4n) is 2.62. The van der Waals surface area contributed by atoms with Crippen molar-refractivity contribution in [3.8, 4) is 0 Å². The van der Waals surface area contributed by atoms with Gasteiger partial charge in [0.05, 0.1) is 0 Å². The van der Waals surface area contributed by atoms with E-state index in [1.807, 2.05) is 13.8 Å². The zero-order valence-corrected chi connectivity index (χ0v) is 14.8. The molecule has 6 nitrogen and oxygen atoms in total. The number of rotatable bonds is 4. The number of benzene rings is 1. The molecule has 0 aliphatic carbocycles. The van der Waals surface area contributed by atoms with Crippen molar-refractivity contribution in [3.63, 3.8) is 0 Å². The molecule has 2 heterocycles. The smallest absolute Gasteiger partial charge is 0.354 e. The SMILES string of the molecule is C/C=N/C=C\C=C(/C)n1c(=O)nc(NC)c2oc3ccc(Cl)cc3c21. The van der Waals surface area contributed by atoms with Crippen LogP contribution in [0.2, 0.25) is 5.02 Å². The highest BCUT2D eigenvalue weighted by molar-refractivity contribution is 6.31. The van der Waals surface area contributed by atoms with Crippen LogP contribution in [-0.2, 0) is 0 Å². The maximum Gasteiger partial charge on any atom is 0.354 e. The third-order valence-corrected chi connectivity index (χ3v) is 3.94. The summed E-state index contributed by atoms with van der Waals surface area (Å²) in [5.74, 6) is 0.391. The van der Waals surface area contributed by atoms with Crippen LogP contribution in [-0.4, -0.2) is 22.8 Å². The first-order chi connectivity index (χ1) is 12.1. The largest absolute Gasteiger partial charge is 0.450 e. The molecule has 0 atom stereocenters. The second-order valence-electron chi connectivity index (χ2n) is 5.31. The van der Waals surface area contributed by atoms with E-state index in [1.54, 1.807) is 49.8 Å². The van der Waals surface area contributed by atoms with E-state index in [0.29, 0.717) is 33.2 Å². The van der Waals surface area contributed by atoms with Crippen molar-refractivity contribution in [1.29, 1.82) is 0 Å². The second-order valence-corrected chi connectivity index (χ2v) is 5.74. The maximum absolute atomic E-state index is 12.6. The van der Waals surface area contributed by atoms with E-state index in [0.717, 1.165) is 5.39 Å². The zero-order chi connectivity index (χ0) is 18.0. The Morgan fingerprint density at radius 3 is 2.96 bits per heavy atom. The summed E-state index contributed by atoms with van der Waals surface area (Å²) in [5.41, 5.74) is 2.05. The molecule has 0 saturated carbocycles. The predicted octanol–water partition coefficient (Wildman–Crippen LogP) is 4.30. The van der Waals surface area contributed by atoms with Gasteiger partial charge in [0.15, 0.2) is 11.4 Å². The predicted molar refractivity (Wildman–Crippen MR) is 104 cm³/mol. The zero-order valence-electron chi connectivity index (χ0n) is 14.1. The molecule has 3 aromatic rings. The number of hydrogen-bond donors (Lipinski definition) is 1. The Kier molecular flexibility index (Phi) is 4.72. The van der Waals surface area contributed by atoms with Crippen molar-refractivity contribution < 1.29 is 4.42 Å². The minimum absolute atomic E-state index is 0.391. The Morgan fingerprint density at radius 1 is 1.44 bits per heavy atom. The fraction of sp³-hybridized carbons (Fsp3) is 0.167. The van der Waals surface area contributed by atoms with Crippen molar-refractivity contribution >= 4 is 51.4 Å². The number of aromatic nitrogens is 2. The van der Waals surface area contributed by atoms with E-state index >= 15 is 0 Å². The van der Waals surface area contributed by atoms with Crippen molar-refractivity contribution in [2.24, 2.45) is 4.99 Å². The van der Waals surface area contributed by atoms with Crippen LogP contribution in [0.15, 0.2) is 50.8 Å². The van der Waals surface area contributed by atoms with Crippen LogP contribution in [0.1, 0.15) is 13.8 Å². The number of hydrogen-bond acceptors (Lipinski definition) is 5. The Balaban J connectivity index is 2.38. The number of furan rings is 1. The molecule has 0 aliphatic rings. The van der Waals surface area contributed by atoms with Gasteiger partial charge in [-0.3, -0.25) is 9.56 Å². The minimum atomic E-state index is -0.402. The monoisotopic (exact) mass is 356 g/mol.